The molecule has 0 unspecified atom stereocenters. The van der Waals surface area contributed by atoms with E-state index in [0.717, 1.165) is 60.7 Å². The molecule has 1 heterocycles. The van der Waals surface area contributed by atoms with E-state index in [1.54, 1.807) is 0 Å². The van der Waals surface area contributed by atoms with E-state index >= 15 is 0 Å². The number of rotatable bonds is 6. The second-order valence-corrected chi connectivity index (χ2v) is 11.8. The van der Waals surface area contributed by atoms with E-state index in [9.17, 15) is 5.48 Å². The maximum absolute atomic E-state index is 9.44. The van der Waals surface area contributed by atoms with Crippen LogP contribution in [0.1, 0.15) is 5.48 Å². The molecular formula is C46H31NO. The zero-order valence-electron chi connectivity index (χ0n) is 29.9. The van der Waals surface area contributed by atoms with Gasteiger partial charge in [0.2, 0.25) is 0 Å². The van der Waals surface area contributed by atoms with E-state index in [1.165, 1.54) is 0 Å². The van der Waals surface area contributed by atoms with Gasteiger partial charge in [-0.1, -0.05) is 146 Å². The molecule has 9 aromatic rings. The van der Waals surface area contributed by atoms with Crippen LogP contribution in [-0.2, 0) is 0 Å². The van der Waals surface area contributed by atoms with E-state index in [0.29, 0.717) is 11.3 Å². The SMILES string of the molecule is [2H]c1c([2H])c(N(c2cccc(-c3cccc4oc5c6ccccc6ccc5c34)c2)c2ccccc2-c2ccccc2)c([2H])c([2H])c1-c1ccccc1. The molecule has 226 valence electrons. The van der Waals surface area contributed by atoms with Gasteiger partial charge < -0.3 is 9.32 Å². The Morgan fingerprint density at radius 2 is 1.10 bits per heavy atom. The van der Waals surface area contributed by atoms with Gasteiger partial charge in [0.05, 0.1) is 11.2 Å². The first-order chi connectivity index (χ1) is 25.5. The van der Waals surface area contributed by atoms with Gasteiger partial charge in [0.1, 0.15) is 11.2 Å². The molecule has 0 fully saturated rings. The highest BCUT2D eigenvalue weighted by molar-refractivity contribution is 6.19. The molecule has 1 aromatic heterocycles. The lowest BCUT2D eigenvalue weighted by molar-refractivity contribution is 0.673. The molecule has 0 bridgehead atoms. The van der Waals surface area contributed by atoms with Gasteiger partial charge >= 0.3 is 0 Å². The van der Waals surface area contributed by atoms with Gasteiger partial charge in [-0.05, 0) is 75.6 Å². The van der Waals surface area contributed by atoms with Crippen molar-refractivity contribution in [1.29, 1.82) is 0 Å². The molecule has 0 saturated heterocycles. The molecule has 2 nitrogen and oxygen atoms in total. The van der Waals surface area contributed by atoms with Crippen molar-refractivity contribution in [3.8, 4) is 33.4 Å². The molecular weight excluding hydrogens is 583 g/mol. The molecule has 48 heavy (non-hydrogen) atoms. The highest BCUT2D eigenvalue weighted by Gasteiger charge is 2.19. The van der Waals surface area contributed by atoms with Gasteiger partial charge in [0.25, 0.3) is 0 Å². The van der Waals surface area contributed by atoms with Crippen LogP contribution >= 0.6 is 0 Å². The van der Waals surface area contributed by atoms with Crippen molar-refractivity contribution >= 4 is 49.8 Å². The Hall–Kier alpha value is -6.38. The predicted octanol–water partition coefficient (Wildman–Crippen LogP) is 13.2. The summed E-state index contributed by atoms with van der Waals surface area (Å²) in [7, 11) is 0. The summed E-state index contributed by atoms with van der Waals surface area (Å²) in [5.41, 5.74) is 7.93. The number of benzene rings is 8. The summed E-state index contributed by atoms with van der Waals surface area (Å²) in [5, 5.41) is 4.20. The fourth-order valence-electron chi connectivity index (χ4n) is 6.69. The lowest BCUT2D eigenvalue weighted by Crippen LogP contribution is -2.11. The highest BCUT2D eigenvalue weighted by Crippen LogP contribution is 2.44. The van der Waals surface area contributed by atoms with Gasteiger partial charge in [0.15, 0.2) is 0 Å². The smallest absolute Gasteiger partial charge is 0.143 e. The normalized spacial score (nSPS) is 12.5. The van der Waals surface area contributed by atoms with E-state index in [2.05, 4.69) is 42.5 Å². The first-order valence-electron chi connectivity index (χ1n) is 18.0. The number of anilines is 3. The molecule has 0 aliphatic carbocycles. The minimum absolute atomic E-state index is 0.0950. The van der Waals surface area contributed by atoms with Crippen molar-refractivity contribution in [2.24, 2.45) is 0 Å². The summed E-state index contributed by atoms with van der Waals surface area (Å²) in [6.07, 6.45) is 0. The lowest BCUT2D eigenvalue weighted by atomic mass is 9.97. The molecule has 0 aliphatic rings. The third-order valence-corrected chi connectivity index (χ3v) is 8.93. The minimum Gasteiger partial charge on any atom is -0.455 e. The van der Waals surface area contributed by atoms with Crippen LogP contribution in [0.3, 0.4) is 0 Å². The Labute approximate surface area is 285 Å². The predicted molar refractivity (Wildman–Crippen MR) is 202 cm³/mol. The Kier molecular flexibility index (Phi) is 5.85. The first-order valence-corrected chi connectivity index (χ1v) is 16.0. The fourth-order valence-corrected chi connectivity index (χ4v) is 6.69. The maximum Gasteiger partial charge on any atom is 0.143 e. The average Bonchev–Trinajstić information content (AvgIpc) is 3.59. The Balaban J connectivity index is 1.30. The molecule has 2 heteroatoms. The van der Waals surface area contributed by atoms with E-state index < -0.39 is 0 Å². The Bertz CT molecular complexity index is 2760. The van der Waals surface area contributed by atoms with Crippen molar-refractivity contribution in [1.82, 2.24) is 0 Å². The van der Waals surface area contributed by atoms with Gasteiger partial charge in [-0.25, -0.2) is 0 Å². The third kappa shape index (κ3) is 4.83. The van der Waals surface area contributed by atoms with Crippen LogP contribution in [0.5, 0.6) is 0 Å². The second-order valence-electron chi connectivity index (χ2n) is 11.8. The third-order valence-electron chi connectivity index (χ3n) is 8.93. The highest BCUT2D eigenvalue weighted by atomic mass is 16.3. The molecule has 0 radical (unpaired) electrons. The Morgan fingerprint density at radius 1 is 0.438 bits per heavy atom. The lowest BCUT2D eigenvalue weighted by Gasteiger charge is -2.28. The van der Waals surface area contributed by atoms with Gasteiger partial charge in [-0.2, -0.15) is 0 Å². The molecule has 0 atom stereocenters. The molecule has 0 saturated carbocycles. The van der Waals surface area contributed by atoms with Crippen molar-refractivity contribution < 1.29 is 9.90 Å². The number of furan rings is 1. The maximum atomic E-state index is 9.44. The summed E-state index contributed by atoms with van der Waals surface area (Å²) < 4.78 is 43.8. The average molecular weight is 618 g/mol. The van der Waals surface area contributed by atoms with E-state index in [1.807, 2.05) is 126 Å². The fraction of sp³-hybridized carbons (Fsp3) is 0. The van der Waals surface area contributed by atoms with E-state index in [-0.39, 0.29) is 35.4 Å². The van der Waals surface area contributed by atoms with Crippen LogP contribution in [0.2, 0.25) is 0 Å². The summed E-state index contributed by atoms with van der Waals surface area (Å²) in [6, 6.07) is 53.3. The van der Waals surface area contributed by atoms with Crippen LogP contribution < -0.4 is 4.90 Å². The summed E-state index contributed by atoms with van der Waals surface area (Å²) in [6.45, 7) is 0. The van der Waals surface area contributed by atoms with Gasteiger partial charge in [-0.3, -0.25) is 0 Å². The summed E-state index contributed by atoms with van der Waals surface area (Å²) in [5.74, 6) is 0. The summed E-state index contributed by atoms with van der Waals surface area (Å²) in [4.78, 5) is 1.88. The number of nitrogens with zero attached hydrogens (tertiary/aromatic N) is 1. The van der Waals surface area contributed by atoms with Gasteiger partial charge in [0, 0.05) is 33.1 Å². The topological polar surface area (TPSA) is 16.4 Å². The van der Waals surface area contributed by atoms with E-state index in [4.69, 9.17) is 4.42 Å². The number of hydrogen-bond donors (Lipinski definition) is 0. The molecule has 0 aliphatic heterocycles. The standard InChI is InChI=1S/C46H31NO/c1-3-13-32(14-4-1)33-25-28-37(29-26-33)47(43-23-10-9-20-39(43)34-15-5-2-6-16-34)38-19-11-18-36(31-38)40-22-12-24-44-45(40)42-30-27-35-17-7-8-21-41(35)46(42)48-44/h1-31H/i25D,26D,28D,29D. The zero-order chi connectivity index (χ0) is 35.3. The molecule has 9 rings (SSSR count). The van der Waals surface area contributed by atoms with Gasteiger partial charge in [-0.15, -0.1) is 0 Å². The number of hydrogen-bond acceptors (Lipinski definition) is 2. The molecule has 0 N–H and O–H groups in total. The zero-order valence-corrected chi connectivity index (χ0v) is 25.9. The van der Waals surface area contributed by atoms with Crippen molar-refractivity contribution in [2.45, 2.75) is 0 Å². The minimum atomic E-state index is -0.122. The van der Waals surface area contributed by atoms with Crippen LogP contribution in [0.4, 0.5) is 17.1 Å². The van der Waals surface area contributed by atoms with Crippen LogP contribution in [0.15, 0.2) is 192 Å². The Morgan fingerprint density at radius 3 is 1.94 bits per heavy atom. The summed E-state index contributed by atoms with van der Waals surface area (Å²) >= 11 is 0. The van der Waals surface area contributed by atoms with Crippen LogP contribution in [0.25, 0.3) is 66.1 Å². The largest absolute Gasteiger partial charge is 0.455 e. The van der Waals surface area contributed by atoms with Crippen molar-refractivity contribution in [2.75, 3.05) is 4.90 Å². The molecule has 8 aromatic carbocycles. The van der Waals surface area contributed by atoms with Crippen molar-refractivity contribution in [3.05, 3.63) is 188 Å². The molecule has 0 amide bonds. The monoisotopic (exact) mass is 617 g/mol. The molecule has 0 spiro atoms. The second kappa shape index (κ2) is 11.8. The van der Waals surface area contributed by atoms with Crippen LogP contribution in [0, 0.1) is 0 Å². The van der Waals surface area contributed by atoms with Crippen LogP contribution in [-0.4, -0.2) is 0 Å². The first kappa shape index (κ1) is 23.9. The number of para-hydroxylation sites is 1. The quantitative estimate of drug-likeness (QED) is 0.185. The number of fused-ring (bicyclic) bond motifs is 5. The van der Waals surface area contributed by atoms with Crippen molar-refractivity contribution in [3.63, 3.8) is 0 Å².